The van der Waals surface area contributed by atoms with Crippen molar-refractivity contribution in [3.05, 3.63) is 54.4 Å². The third kappa shape index (κ3) is 3.97. The molecular formula is C18H19N5O3. The van der Waals surface area contributed by atoms with Gasteiger partial charge in [0.2, 0.25) is 0 Å². The Morgan fingerprint density at radius 3 is 2.69 bits per heavy atom. The zero-order valence-corrected chi connectivity index (χ0v) is 14.7. The second-order valence-electron chi connectivity index (χ2n) is 5.79. The number of hydrogen-bond acceptors (Lipinski definition) is 6. The number of anilines is 1. The number of carbonyl (C=O) groups excluding carboxylic acids is 1. The minimum atomic E-state index is -0.256. The highest BCUT2D eigenvalue weighted by atomic mass is 16.5. The maximum Gasteiger partial charge on any atom is 0.255 e. The lowest BCUT2D eigenvalue weighted by Gasteiger charge is -2.14. The summed E-state index contributed by atoms with van der Waals surface area (Å²) in [7, 11) is 1.54. The van der Waals surface area contributed by atoms with Gasteiger partial charge in [0.05, 0.1) is 18.9 Å². The molecule has 0 aliphatic heterocycles. The van der Waals surface area contributed by atoms with Gasteiger partial charge < -0.3 is 14.8 Å². The van der Waals surface area contributed by atoms with Crippen molar-refractivity contribution in [1.29, 1.82) is 0 Å². The summed E-state index contributed by atoms with van der Waals surface area (Å²) in [4.78, 5) is 12.6. The van der Waals surface area contributed by atoms with Crippen LogP contribution in [-0.2, 0) is 0 Å². The molecule has 1 amide bonds. The Morgan fingerprint density at radius 1 is 1.15 bits per heavy atom. The number of nitrogens with zero attached hydrogens (tertiary/aromatic N) is 4. The van der Waals surface area contributed by atoms with Gasteiger partial charge in [-0.25, -0.2) is 4.68 Å². The largest absolute Gasteiger partial charge is 0.493 e. The molecule has 0 spiro atoms. The van der Waals surface area contributed by atoms with Crippen LogP contribution in [0.1, 0.15) is 24.2 Å². The molecule has 3 aromatic rings. The average Bonchev–Trinajstić information content (AvgIpc) is 3.16. The van der Waals surface area contributed by atoms with Crippen molar-refractivity contribution in [2.24, 2.45) is 0 Å². The fourth-order valence-corrected chi connectivity index (χ4v) is 2.37. The Balaban J connectivity index is 1.79. The van der Waals surface area contributed by atoms with E-state index in [0.29, 0.717) is 22.7 Å². The number of benzene rings is 2. The van der Waals surface area contributed by atoms with Crippen LogP contribution >= 0.6 is 0 Å². The van der Waals surface area contributed by atoms with E-state index < -0.39 is 0 Å². The van der Waals surface area contributed by atoms with Gasteiger partial charge in [-0.3, -0.25) is 4.79 Å². The molecule has 0 unspecified atom stereocenters. The van der Waals surface area contributed by atoms with Gasteiger partial charge in [-0.15, -0.1) is 5.10 Å². The van der Waals surface area contributed by atoms with Crippen molar-refractivity contribution in [2.45, 2.75) is 20.0 Å². The lowest BCUT2D eigenvalue weighted by molar-refractivity contribution is 0.102. The van der Waals surface area contributed by atoms with Gasteiger partial charge >= 0.3 is 0 Å². The number of tetrazole rings is 1. The number of amides is 1. The monoisotopic (exact) mass is 353 g/mol. The molecule has 2 aromatic carbocycles. The average molecular weight is 353 g/mol. The number of nitrogens with one attached hydrogen (secondary N) is 1. The molecule has 0 bridgehead atoms. The number of hydrogen-bond donors (Lipinski definition) is 1. The first kappa shape index (κ1) is 17.4. The van der Waals surface area contributed by atoms with E-state index in [1.807, 2.05) is 26.0 Å². The molecule has 134 valence electrons. The van der Waals surface area contributed by atoms with Crippen molar-refractivity contribution in [3.63, 3.8) is 0 Å². The smallest absolute Gasteiger partial charge is 0.255 e. The number of carbonyl (C=O) groups is 1. The van der Waals surface area contributed by atoms with E-state index in [0.717, 1.165) is 5.69 Å². The van der Waals surface area contributed by atoms with Crippen LogP contribution in [0.15, 0.2) is 48.8 Å². The molecule has 3 rings (SSSR count). The maximum atomic E-state index is 12.6. The third-order valence-electron chi connectivity index (χ3n) is 3.51. The Morgan fingerprint density at radius 2 is 2.00 bits per heavy atom. The Kier molecular flexibility index (Phi) is 5.12. The van der Waals surface area contributed by atoms with Crippen LogP contribution < -0.4 is 14.8 Å². The summed E-state index contributed by atoms with van der Waals surface area (Å²) >= 11 is 0. The molecule has 0 atom stereocenters. The number of ether oxygens (including phenoxy) is 2. The summed E-state index contributed by atoms with van der Waals surface area (Å²) in [5.41, 5.74) is 1.83. The van der Waals surface area contributed by atoms with Crippen LogP contribution in [0.25, 0.3) is 5.69 Å². The predicted molar refractivity (Wildman–Crippen MR) is 95.9 cm³/mol. The predicted octanol–water partition coefficient (Wildman–Crippen LogP) is 2.71. The van der Waals surface area contributed by atoms with Crippen molar-refractivity contribution in [3.8, 4) is 17.2 Å². The Labute approximate surface area is 150 Å². The molecule has 1 N–H and O–H groups in total. The highest BCUT2D eigenvalue weighted by Gasteiger charge is 2.13. The lowest BCUT2D eigenvalue weighted by atomic mass is 10.1. The minimum Gasteiger partial charge on any atom is -0.493 e. The first-order valence-electron chi connectivity index (χ1n) is 8.06. The Bertz CT molecular complexity index is 894. The van der Waals surface area contributed by atoms with E-state index in [9.17, 15) is 4.79 Å². The topological polar surface area (TPSA) is 91.2 Å². The summed E-state index contributed by atoms with van der Waals surface area (Å²) in [5, 5.41) is 13.9. The van der Waals surface area contributed by atoms with Gasteiger partial charge in [0.1, 0.15) is 6.33 Å². The molecule has 8 heteroatoms. The second kappa shape index (κ2) is 7.64. The third-order valence-corrected chi connectivity index (χ3v) is 3.51. The number of methoxy groups -OCH3 is 1. The quantitative estimate of drug-likeness (QED) is 0.733. The molecule has 1 heterocycles. The number of rotatable bonds is 6. The van der Waals surface area contributed by atoms with Gasteiger partial charge in [-0.05, 0) is 60.7 Å². The molecule has 0 saturated carbocycles. The SMILES string of the molecule is COc1cc(C(=O)Nc2cccc(-n3cnnn3)c2)ccc1OC(C)C. The molecule has 1 aromatic heterocycles. The molecular weight excluding hydrogens is 334 g/mol. The molecule has 8 nitrogen and oxygen atoms in total. The van der Waals surface area contributed by atoms with Crippen molar-refractivity contribution < 1.29 is 14.3 Å². The summed E-state index contributed by atoms with van der Waals surface area (Å²) in [6, 6.07) is 12.3. The summed E-state index contributed by atoms with van der Waals surface area (Å²) in [6.07, 6.45) is 1.50. The van der Waals surface area contributed by atoms with E-state index in [1.165, 1.54) is 11.0 Å². The van der Waals surface area contributed by atoms with E-state index in [2.05, 4.69) is 20.8 Å². The fraction of sp³-hybridized carbons (Fsp3) is 0.222. The fourth-order valence-electron chi connectivity index (χ4n) is 2.37. The van der Waals surface area contributed by atoms with Gasteiger partial charge in [-0.1, -0.05) is 6.07 Å². The van der Waals surface area contributed by atoms with Crippen molar-refractivity contribution in [1.82, 2.24) is 20.2 Å². The highest BCUT2D eigenvalue weighted by molar-refractivity contribution is 6.04. The van der Waals surface area contributed by atoms with Crippen molar-refractivity contribution in [2.75, 3.05) is 12.4 Å². The second-order valence-corrected chi connectivity index (χ2v) is 5.79. The van der Waals surface area contributed by atoms with Gasteiger partial charge in [0, 0.05) is 11.3 Å². The van der Waals surface area contributed by atoms with E-state index >= 15 is 0 Å². The van der Waals surface area contributed by atoms with Gasteiger partial charge in [-0.2, -0.15) is 0 Å². The highest BCUT2D eigenvalue weighted by Crippen LogP contribution is 2.29. The van der Waals surface area contributed by atoms with E-state index in [-0.39, 0.29) is 12.0 Å². The van der Waals surface area contributed by atoms with E-state index in [4.69, 9.17) is 9.47 Å². The zero-order valence-electron chi connectivity index (χ0n) is 14.7. The molecule has 0 radical (unpaired) electrons. The van der Waals surface area contributed by atoms with Crippen LogP contribution in [0, 0.1) is 0 Å². The lowest BCUT2D eigenvalue weighted by Crippen LogP contribution is -2.13. The normalized spacial score (nSPS) is 10.6. The van der Waals surface area contributed by atoms with Crippen molar-refractivity contribution >= 4 is 11.6 Å². The Hall–Kier alpha value is -3.42. The minimum absolute atomic E-state index is 0.0117. The van der Waals surface area contributed by atoms with Crippen LogP contribution in [0.2, 0.25) is 0 Å². The molecule has 0 saturated heterocycles. The van der Waals surface area contributed by atoms with Gasteiger partial charge in [0.15, 0.2) is 11.5 Å². The maximum absolute atomic E-state index is 12.6. The van der Waals surface area contributed by atoms with Crippen LogP contribution in [0.4, 0.5) is 5.69 Å². The first-order chi connectivity index (χ1) is 12.6. The van der Waals surface area contributed by atoms with Crippen LogP contribution in [0.5, 0.6) is 11.5 Å². The van der Waals surface area contributed by atoms with Crippen LogP contribution in [-0.4, -0.2) is 39.3 Å². The van der Waals surface area contributed by atoms with Gasteiger partial charge in [0.25, 0.3) is 5.91 Å². The molecule has 0 fully saturated rings. The first-order valence-corrected chi connectivity index (χ1v) is 8.06. The molecule has 0 aliphatic rings. The molecule has 26 heavy (non-hydrogen) atoms. The summed E-state index contributed by atoms with van der Waals surface area (Å²) in [6.45, 7) is 3.86. The number of aromatic nitrogens is 4. The van der Waals surface area contributed by atoms with E-state index in [1.54, 1.807) is 37.4 Å². The zero-order chi connectivity index (χ0) is 18.5. The molecule has 0 aliphatic carbocycles. The van der Waals surface area contributed by atoms with Crippen LogP contribution in [0.3, 0.4) is 0 Å². The summed E-state index contributed by atoms with van der Waals surface area (Å²) < 4.78 is 12.5. The standard InChI is InChI=1S/C18H19N5O3/c1-12(2)26-16-8-7-13(9-17(16)25-3)18(24)20-14-5-4-6-15(10-14)23-11-19-21-22-23/h4-12H,1-3H3,(H,20,24). The summed E-state index contributed by atoms with van der Waals surface area (Å²) in [5.74, 6) is 0.849.